The normalized spacial score (nSPS) is 18.9. The molecule has 0 aliphatic carbocycles. The summed E-state index contributed by atoms with van der Waals surface area (Å²) in [5, 5.41) is 6.27. The number of piperazine rings is 1. The summed E-state index contributed by atoms with van der Waals surface area (Å²) in [6.07, 6.45) is 0. The third-order valence-electron chi connectivity index (χ3n) is 2.94. The van der Waals surface area contributed by atoms with Crippen LogP contribution in [0.5, 0.6) is 0 Å². The Kier molecular flexibility index (Phi) is 5.95. The molecule has 4 nitrogen and oxygen atoms in total. The lowest BCUT2D eigenvalue weighted by atomic mass is 10.2. The zero-order valence-corrected chi connectivity index (χ0v) is 11.4. The van der Waals surface area contributed by atoms with Gasteiger partial charge in [0.15, 0.2) is 0 Å². The van der Waals surface area contributed by atoms with Crippen molar-refractivity contribution in [3.63, 3.8) is 0 Å². The fourth-order valence-electron chi connectivity index (χ4n) is 2.00. The average Bonchev–Trinajstić information content (AvgIpc) is 2.37. The van der Waals surface area contributed by atoms with Crippen LogP contribution in [0.15, 0.2) is 30.3 Å². The van der Waals surface area contributed by atoms with Gasteiger partial charge in [-0.05, 0) is 12.5 Å². The van der Waals surface area contributed by atoms with Gasteiger partial charge in [-0.3, -0.25) is 0 Å². The number of urea groups is 1. The molecule has 1 fully saturated rings. The summed E-state index contributed by atoms with van der Waals surface area (Å²) in [6, 6.07) is 10.4. The van der Waals surface area contributed by atoms with Gasteiger partial charge in [-0.15, -0.1) is 12.4 Å². The molecule has 2 N–H and O–H groups in total. The molecule has 1 aliphatic rings. The van der Waals surface area contributed by atoms with Crippen LogP contribution in [0, 0.1) is 0 Å². The molecule has 0 saturated carbocycles. The van der Waals surface area contributed by atoms with E-state index in [0.29, 0.717) is 12.6 Å². The highest BCUT2D eigenvalue weighted by atomic mass is 35.5. The molecule has 2 rings (SSSR count). The smallest absolute Gasteiger partial charge is 0.317 e. The summed E-state index contributed by atoms with van der Waals surface area (Å²) < 4.78 is 0. The van der Waals surface area contributed by atoms with Crippen molar-refractivity contribution in [3.05, 3.63) is 35.9 Å². The third kappa shape index (κ3) is 4.20. The summed E-state index contributed by atoms with van der Waals surface area (Å²) in [6.45, 7) is 5.13. The van der Waals surface area contributed by atoms with Crippen LogP contribution in [0.3, 0.4) is 0 Å². The maximum absolute atomic E-state index is 11.9. The highest BCUT2D eigenvalue weighted by molar-refractivity contribution is 5.85. The first-order chi connectivity index (χ1) is 8.25. The summed E-state index contributed by atoms with van der Waals surface area (Å²) in [7, 11) is 0. The van der Waals surface area contributed by atoms with Crippen molar-refractivity contribution in [2.75, 3.05) is 19.6 Å². The number of rotatable bonds is 2. The predicted octanol–water partition coefficient (Wildman–Crippen LogP) is 1.61. The molecule has 0 bridgehead atoms. The quantitative estimate of drug-likeness (QED) is 0.857. The van der Waals surface area contributed by atoms with Gasteiger partial charge in [-0.25, -0.2) is 4.79 Å². The Labute approximate surface area is 114 Å². The Hall–Kier alpha value is -1.26. The molecule has 1 aromatic rings. The Morgan fingerprint density at radius 3 is 2.83 bits per heavy atom. The van der Waals surface area contributed by atoms with Crippen LogP contribution >= 0.6 is 12.4 Å². The lowest BCUT2D eigenvalue weighted by Crippen LogP contribution is -2.53. The molecular formula is C13H20ClN3O. The molecule has 0 spiro atoms. The number of halogens is 1. The number of amides is 2. The van der Waals surface area contributed by atoms with Gasteiger partial charge >= 0.3 is 6.03 Å². The summed E-state index contributed by atoms with van der Waals surface area (Å²) >= 11 is 0. The van der Waals surface area contributed by atoms with Crippen LogP contribution in [-0.4, -0.2) is 36.6 Å². The van der Waals surface area contributed by atoms with Gasteiger partial charge in [0.25, 0.3) is 0 Å². The van der Waals surface area contributed by atoms with Crippen LogP contribution in [-0.2, 0) is 6.54 Å². The minimum Gasteiger partial charge on any atom is -0.334 e. The van der Waals surface area contributed by atoms with Crippen LogP contribution in [0.2, 0.25) is 0 Å². The van der Waals surface area contributed by atoms with E-state index in [1.165, 1.54) is 0 Å². The number of carbonyl (C=O) groups is 1. The van der Waals surface area contributed by atoms with Gasteiger partial charge in [0.05, 0.1) is 0 Å². The molecule has 1 unspecified atom stereocenters. The van der Waals surface area contributed by atoms with Crippen LogP contribution in [0.1, 0.15) is 12.5 Å². The van der Waals surface area contributed by atoms with Crippen molar-refractivity contribution < 1.29 is 4.79 Å². The van der Waals surface area contributed by atoms with E-state index in [9.17, 15) is 4.79 Å². The summed E-state index contributed by atoms with van der Waals surface area (Å²) in [4.78, 5) is 13.8. The van der Waals surface area contributed by atoms with Crippen molar-refractivity contribution >= 4 is 18.4 Å². The van der Waals surface area contributed by atoms with Crippen molar-refractivity contribution in [1.82, 2.24) is 15.5 Å². The second kappa shape index (κ2) is 7.24. The molecule has 0 aromatic heterocycles. The van der Waals surface area contributed by atoms with Gasteiger partial charge < -0.3 is 15.5 Å². The summed E-state index contributed by atoms with van der Waals surface area (Å²) in [5.41, 5.74) is 1.13. The van der Waals surface area contributed by atoms with Crippen molar-refractivity contribution in [2.45, 2.75) is 19.5 Å². The van der Waals surface area contributed by atoms with E-state index in [2.05, 4.69) is 17.6 Å². The second-order valence-corrected chi connectivity index (χ2v) is 4.45. The monoisotopic (exact) mass is 269 g/mol. The number of nitrogens with zero attached hydrogens (tertiary/aromatic N) is 1. The van der Waals surface area contributed by atoms with E-state index < -0.39 is 0 Å². The van der Waals surface area contributed by atoms with E-state index in [1.54, 1.807) is 0 Å². The first-order valence-electron chi connectivity index (χ1n) is 6.06. The van der Waals surface area contributed by atoms with Crippen molar-refractivity contribution in [1.29, 1.82) is 0 Å². The Morgan fingerprint density at radius 2 is 2.17 bits per heavy atom. The van der Waals surface area contributed by atoms with Crippen LogP contribution in [0.4, 0.5) is 4.79 Å². The highest BCUT2D eigenvalue weighted by Gasteiger charge is 2.19. The molecule has 0 radical (unpaired) electrons. The summed E-state index contributed by atoms with van der Waals surface area (Å²) in [5.74, 6) is 0. The molecule has 1 aromatic carbocycles. The van der Waals surface area contributed by atoms with Crippen molar-refractivity contribution in [2.24, 2.45) is 0 Å². The topological polar surface area (TPSA) is 44.4 Å². The molecule has 100 valence electrons. The maximum atomic E-state index is 11.9. The fourth-order valence-corrected chi connectivity index (χ4v) is 2.00. The Morgan fingerprint density at radius 1 is 1.44 bits per heavy atom. The average molecular weight is 270 g/mol. The fraction of sp³-hybridized carbons (Fsp3) is 0.462. The zero-order chi connectivity index (χ0) is 12.1. The van der Waals surface area contributed by atoms with Gasteiger partial charge in [0, 0.05) is 32.2 Å². The lowest BCUT2D eigenvalue weighted by molar-refractivity contribution is 0.179. The molecule has 1 atom stereocenters. The SMILES string of the molecule is CC1CN(C(=O)NCc2ccccc2)CCN1.Cl. The van der Waals surface area contributed by atoms with E-state index in [0.717, 1.165) is 25.2 Å². The largest absolute Gasteiger partial charge is 0.334 e. The second-order valence-electron chi connectivity index (χ2n) is 4.45. The maximum Gasteiger partial charge on any atom is 0.317 e. The lowest BCUT2D eigenvalue weighted by Gasteiger charge is -2.31. The number of nitrogens with one attached hydrogen (secondary N) is 2. The van der Waals surface area contributed by atoms with E-state index in [1.807, 2.05) is 35.2 Å². The molecule has 5 heteroatoms. The highest BCUT2D eigenvalue weighted by Crippen LogP contribution is 2.01. The predicted molar refractivity (Wildman–Crippen MR) is 75.0 cm³/mol. The van der Waals surface area contributed by atoms with Gasteiger partial charge in [0.2, 0.25) is 0 Å². The minimum atomic E-state index is 0. The van der Waals surface area contributed by atoms with Gasteiger partial charge in [-0.2, -0.15) is 0 Å². The molecule has 1 saturated heterocycles. The van der Waals surface area contributed by atoms with Gasteiger partial charge in [0.1, 0.15) is 0 Å². The van der Waals surface area contributed by atoms with Crippen LogP contribution in [0.25, 0.3) is 0 Å². The van der Waals surface area contributed by atoms with E-state index >= 15 is 0 Å². The van der Waals surface area contributed by atoms with Gasteiger partial charge in [-0.1, -0.05) is 30.3 Å². The number of carbonyl (C=O) groups excluding carboxylic acids is 1. The minimum absolute atomic E-state index is 0. The molecule has 2 amide bonds. The molecule has 1 heterocycles. The van der Waals surface area contributed by atoms with Crippen LogP contribution < -0.4 is 10.6 Å². The number of hydrogen-bond donors (Lipinski definition) is 2. The molecule has 1 aliphatic heterocycles. The first-order valence-corrected chi connectivity index (χ1v) is 6.06. The Bertz CT molecular complexity index is 372. The standard InChI is InChI=1S/C13H19N3O.ClH/c1-11-10-16(8-7-14-11)13(17)15-9-12-5-3-2-4-6-12;/h2-6,11,14H,7-10H2,1H3,(H,15,17);1H. The number of hydrogen-bond acceptors (Lipinski definition) is 2. The van der Waals surface area contributed by atoms with E-state index in [4.69, 9.17) is 0 Å². The number of benzene rings is 1. The van der Waals surface area contributed by atoms with E-state index in [-0.39, 0.29) is 18.4 Å². The molecular weight excluding hydrogens is 250 g/mol. The third-order valence-corrected chi connectivity index (χ3v) is 2.94. The first kappa shape index (κ1) is 14.8. The Balaban J connectivity index is 0.00000162. The van der Waals surface area contributed by atoms with Crippen molar-refractivity contribution in [3.8, 4) is 0 Å². The molecule has 18 heavy (non-hydrogen) atoms. The zero-order valence-electron chi connectivity index (χ0n) is 10.6.